The van der Waals surface area contributed by atoms with E-state index in [2.05, 4.69) is 17.2 Å². The van der Waals surface area contributed by atoms with Gasteiger partial charge in [0.2, 0.25) is 5.91 Å². The van der Waals surface area contributed by atoms with E-state index in [-0.39, 0.29) is 29.9 Å². The number of halogens is 1. The van der Waals surface area contributed by atoms with Gasteiger partial charge in [-0.3, -0.25) is 4.79 Å². The number of carbonyl (C=O) groups excluding carboxylic acids is 1. The van der Waals surface area contributed by atoms with E-state index in [1.807, 2.05) is 29.2 Å². The second-order valence-corrected chi connectivity index (χ2v) is 4.94. The van der Waals surface area contributed by atoms with Crippen molar-refractivity contribution in [1.82, 2.24) is 5.32 Å². The molecule has 116 valence electrons. The van der Waals surface area contributed by atoms with Crippen LogP contribution in [0.4, 0.5) is 5.69 Å². The Kier molecular flexibility index (Phi) is 7.49. The summed E-state index contributed by atoms with van der Waals surface area (Å²) in [4.78, 5) is 17.8. The Balaban J connectivity index is 0.00000220. The molecule has 5 nitrogen and oxygen atoms in total. The molecule has 0 atom stereocenters. The van der Waals surface area contributed by atoms with Crippen LogP contribution < -0.4 is 16.0 Å². The van der Waals surface area contributed by atoms with E-state index in [9.17, 15) is 4.79 Å². The number of carbonyl (C=O) groups is 1. The minimum absolute atomic E-state index is 0. The highest BCUT2D eigenvalue weighted by Gasteiger charge is 2.21. The predicted molar refractivity (Wildman–Crippen MR) is 97.1 cm³/mol. The minimum atomic E-state index is 0. The van der Waals surface area contributed by atoms with Crippen molar-refractivity contribution in [1.29, 1.82) is 0 Å². The van der Waals surface area contributed by atoms with Crippen molar-refractivity contribution in [3.05, 3.63) is 29.8 Å². The van der Waals surface area contributed by atoms with Gasteiger partial charge < -0.3 is 16.0 Å². The topological polar surface area (TPSA) is 70.7 Å². The molecule has 1 aromatic rings. The number of nitrogens with two attached hydrogens (primary N) is 1. The number of hydrogen-bond donors (Lipinski definition) is 2. The predicted octanol–water partition coefficient (Wildman–Crippen LogP) is 2.25. The van der Waals surface area contributed by atoms with Gasteiger partial charge in [0.15, 0.2) is 5.96 Å². The molecule has 0 aromatic heterocycles. The monoisotopic (exact) mass is 402 g/mol. The lowest BCUT2D eigenvalue weighted by Gasteiger charge is -2.15. The molecular formula is C15H23IN4O. The second kappa shape index (κ2) is 8.86. The van der Waals surface area contributed by atoms with Crippen LogP contribution in [-0.2, 0) is 11.3 Å². The number of rotatable bonds is 5. The molecule has 6 heteroatoms. The summed E-state index contributed by atoms with van der Waals surface area (Å²) < 4.78 is 0. The van der Waals surface area contributed by atoms with E-state index in [0.29, 0.717) is 18.9 Å². The number of benzene rings is 1. The Hall–Kier alpha value is -1.31. The highest BCUT2D eigenvalue weighted by molar-refractivity contribution is 14.0. The van der Waals surface area contributed by atoms with Crippen molar-refractivity contribution in [3.63, 3.8) is 0 Å². The maximum absolute atomic E-state index is 11.7. The smallest absolute Gasteiger partial charge is 0.227 e. The number of amides is 1. The summed E-state index contributed by atoms with van der Waals surface area (Å²) in [5.41, 5.74) is 7.80. The summed E-state index contributed by atoms with van der Waals surface area (Å²) >= 11 is 0. The summed E-state index contributed by atoms with van der Waals surface area (Å²) in [6.45, 7) is 4.30. The fraction of sp³-hybridized carbons (Fsp3) is 0.467. The van der Waals surface area contributed by atoms with Gasteiger partial charge in [-0.25, -0.2) is 4.99 Å². The molecule has 1 aromatic carbocycles. The molecule has 1 amide bonds. The van der Waals surface area contributed by atoms with Gasteiger partial charge >= 0.3 is 0 Å². The first-order valence-electron chi connectivity index (χ1n) is 7.14. The molecule has 1 fully saturated rings. The maximum Gasteiger partial charge on any atom is 0.227 e. The van der Waals surface area contributed by atoms with E-state index >= 15 is 0 Å². The summed E-state index contributed by atoms with van der Waals surface area (Å²) in [6, 6.07) is 7.95. The van der Waals surface area contributed by atoms with Gasteiger partial charge in [-0.2, -0.15) is 0 Å². The van der Waals surface area contributed by atoms with Gasteiger partial charge in [-0.05, 0) is 30.5 Å². The third-order valence-corrected chi connectivity index (χ3v) is 3.31. The average molecular weight is 402 g/mol. The molecule has 1 aliphatic heterocycles. The fourth-order valence-corrected chi connectivity index (χ4v) is 2.19. The van der Waals surface area contributed by atoms with Crippen molar-refractivity contribution in [3.8, 4) is 0 Å². The first-order chi connectivity index (χ1) is 9.70. The molecule has 0 bridgehead atoms. The first kappa shape index (κ1) is 17.7. The number of aliphatic imine (C=N–C) groups is 1. The van der Waals surface area contributed by atoms with Crippen LogP contribution in [0.1, 0.15) is 31.7 Å². The number of nitrogens with zero attached hydrogens (tertiary/aromatic N) is 2. The zero-order chi connectivity index (χ0) is 14.4. The Labute approximate surface area is 143 Å². The van der Waals surface area contributed by atoms with Crippen LogP contribution in [0.5, 0.6) is 0 Å². The molecule has 2 rings (SSSR count). The maximum atomic E-state index is 11.7. The van der Waals surface area contributed by atoms with Crippen molar-refractivity contribution < 1.29 is 4.79 Å². The zero-order valence-corrected chi connectivity index (χ0v) is 14.7. The summed E-state index contributed by atoms with van der Waals surface area (Å²) in [5, 5.41) is 3.04. The Morgan fingerprint density at radius 2 is 2.10 bits per heavy atom. The lowest BCUT2D eigenvalue weighted by Crippen LogP contribution is -2.32. The SMILES string of the molecule is CCCNC(N)=NCc1ccc(N2CCCC2=O)cc1.I. The molecule has 1 aliphatic rings. The molecule has 0 aliphatic carbocycles. The Morgan fingerprint density at radius 1 is 1.38 bits per heavy atom. The lowest BCUT2D eigenvalue weighted by molar-refractivity contribution is -0.117. The highest BCUT2D eigenvalue weighted by Crippen LogP contribution is 2.21. The van der Waals surface area contributed by atoms with E-state index in [1.165, 1.54) is 0 Å². The van der Waals surface area contributed by atoms with Gasteiger partial charge in [0.05, 0.1) is 6.54 Å². The standard InChI is InChI=1S/C15H22N4O.HI/c1-2-9-17-15(16)18-11-12-5-7-13(8-6-12)19-10-3-4-14(19)20;/h5-8H,2-4,9-11H2,1H3,(H3,16,17,18);1H. The van der Waals surface area contributed by atoms with Crippen LogP contribution in [-0.4, -0.2) is 25.0 Å². The van der Waals surface area contributed by atoms with Crippen molar-refractivity contribution in [2.24, 2.45) is 10.7 Å². The van der Waals surface area contributed by atoms with E-state index in [0.717, 1.165) is 37.2 Å². The fourth-order valence-electron chi connectivity index (χ4n) is 2.19. The Bertz CT molecular complexity index is 487. The van der Waals surface area contributed by atoms with Crippen LogP contribution in [0, 0.1) is 0 Å². The molecule has 21 heavy (non-hydrogen) atoms. The normalized spacial score (nSPS) is 15.0. The summed E-state index contributed by atoms with van der Waals surface area (Å²) in [7, 11) is 0. The molecule has 0 unspecified atom stereocenters. The second-order valence-electron chi connectivity index (χ2n) is 4.94. The minimum Gasteiger partial charge on any atom is -0.370 e. The molecule has 3 N–H and O–H groups in total. The third kappa shape index (κ3) is 5.18. The molecule has 0 radical (unpaired) electrons. The summed E-state index contributed by atoms with van der Waals surface area (Å²) in [6.07, 6.45) is 2.63. The van der Waals surface area contributed by atoms with E-state index in [4.69, 9.17) is 5.73 Å². The van der Waals surface area contributed by atoms with Crippen LogP contribution in [0.3, 0.4) is 0 Å². The quantitative estimate of drug-likeness (QED) is 0.451. The highest BCUT2D eigenvalue weighted by atomic mass is 127. The van der Waals surface area contributed by atoms with Crippen molar-refractivity contribution in [2.75, 3.05) is 18.0 Å². The average Bonchev–Trinajstić information content (AvgIpc) is 2.89. The third-order valence-electron chi connectivity index (χ3n) is 3.31. The largest absolute Gasteiger partial charge is 0.370 e. The number of nitrogens with one attached hydrogen (secondary N) is 1. The molecule has 1 heterocycles. The first-order valence-corrected chi connectivity index (χ1v) is 7.14. The molecule has 1 saturated heterocycles. The van der Waals surface area contributed by atoms with Crippen LogP contribution >= 0.6 is 24.0 Å². The number of guanidine groups is 1. The molecule has 0 spiro atoms. The zero-order valence-electron chi connectivity index (χ0n) is 12.3. The van der Waals surface area contributed by atoms with E-state index < -0.39 is 0 Å². The molecule has 0 saturated carbocycles. The number of anilines is 1. The number of hydrogen-bond acceptors (Lipinski definition) is 2. The van der Waals surface area contributed by atoms with Crippen LogP contribution in [0.2, 0.25) is 0 Å². The summed E-state index contributed by atoms with van der Waals surface area (Å²) in [5.74, 6) is 0.689. The van der Waals surface area contributed by atoms with Gasteiger partial charge in [-0.1, -0.05) is 19.1 Å². The van der Waals surface area contributed by atoms with Gasteiger partial charge in [0.1, 0.15) is 0 Å². The Morgan fingerprint density at radius 3 is 2.67 bits per heavy atom. The van der Waals surface area contributed by atoms with Crippen LogP contribution in [0.25, 0.3) is 0 Å². The van der Waals surface area contributed by atoms with Gasteiger partial charge in [-0.15, -0.1) is 24.0 Å². The van der Waals surface area contributed by atoms with Crippen molar-refractivity contribution >= 4 is 41.5 Å². The van der Waals surface area contributed by atoms with Crippen LogP contribution in [0.15, 0.2) is 29.3 Å². The van der Waals surface area contributed by atoms with Crippen molar-refractivity contribution in [2.45, 2.75) is 32.7 Å². The lowest BCUT2D eigenvalue weighted by atomic mass is 10.2. The van der Waals surface area contributed by atoms with Gasteiger partial charge in [0, 0.05) is 25.2 Å². The van der Waals surface area contributed by atoms with Gasteiger partial charge in [0.25, 0.3) is 0 Å². The van der Waals surface area contributed by atoms with E-state index in [1.54, 1.807) is 0 Å². The molecular weight excluding hydrogens is 379 g/mol.